The van der Waals surface area contributed by atoms with Gasteiger partial charge in [0, 0.05) is 42.1 Å². The third kappa shape index (κ3) is 5.48. The quantitative estimate of drug-likeness (QED) is 0.286. The van der Waals surface area contributed by atoms with Crippen molar-refractivity contribution in [1.29, 1.82) is 0 Å². The summed E-state index contributed by atoms with van der Waals surface area (Å²) in [5.41, 5.74) is 2.40. The van der Waals surface area contributed by atoms with Gasteiger partial charge in [0.05, 0.1) is 5.75 Å². The Morgan fingerprint density at radius 1 is 1.06 bits per heavy atom. The molecule has 0 saturated heterocycles. The van der Waals surface area contributed by atoms with E-state index in [0.717, 1.165) is 53.2 Å². The van der Waals surface area contributed by atoms with Crippen LogP contribution in [0.25, 0.3) is 17.1 Å². The van der Waals surface area contributed by atoms with E-state index in [0.29, 0.717) is 11.4 Å². The summed E-state index contributed by atoms with van der Waals surface area (Å²) >= 11 is 3.07. The molecule has 0 aliphatic carbocycles. The maximum Gasteiger partial charge on any atom is 0.273 e. The molecule has 0 N–H and O–H groups in total. The molecule has 4 rings (SSSR count). The third-order valence-corrected chi connectivity index (χ3v) is 6.91. The van der Waals surface area contributed by atoms with Crippen molar-refractivity contribution in [3.8, 4) is 17.1 Å². The minimum Gasteiger partial charge on any atom is -0.337 e. The molecule has 9 heteroatoms. The van der Waals surface area contributed by atoms with Crippen LogP contribution in [0.1, 0.15) is 42.2 Å². The Labute approximate surface area is 201 Å². The lowest BCUT2D eigenvalue weighted by atomic mass is 10.2. The summed E-state index contributed by atoms with van der Waals surface area (Å²) in [6.45, 7) is 5.68. The highest BCUT2D eigenvalue weighted by Crippen LogP contribution is 2.30. The zero-order chi connectivity index (χ0) is 23.0. The number of aromatic nitrogens is 5. The van der Waals surface area contributed by atoms with Crippen LogP contribution in [-0.2, 0) is 5.75 Å². The number of pyridine rings is 1. The molecule has 4 aromatic rings. The van der Waals surface area contributed by atoms with Gasteiger partial charge in [0.1, 0.15) is 10.7 Å². The molecule has 0 bridgehead atoms. The zero-order valence-electron chi connectivity index (χ0n) is 18.7. The molecule has 33 heavy (non-hydrogen) atoms. The molecule has 1 amide bonds. The molecule has 0 fully saturated rings. The first-order valence-electron chi connectivity index (χ1n) is 11.0. The maximum absolute atomic E-state index is 12.8. The van der Waals surface area contributed by atoms with Gasteiger partial charge in [-0.1, -0.05) is 43.8 Å². The summed E-state index contributed by atoms with van der Waals surface area (Å²) in [5, 5.41) is 12.4. The molecule has 0 atom stereocenters. The van der Waals surface area contributed by atoms with Gasteiger partial charge < -0.3 is 4.90 Å². The van der Waals surface area contributed by atoms with Crippen LogP contribution in [0.4, 0.5) is 0 Å². The summed E-state index contributed by atoms with van der Waals surface area (Å²) in [4.78, 5) is 23.6. The second kappa shape index (κ2) is 11.2. The summed E-state index contributed by atoms with van der Waals surface area (Å²) in [6.07, 6.45) is 5.40. The maximum atomic E-state index is 12.8. The fraction of sp³-hybridized carbons (Fsp3) is 0.292. The van der Waals surface area contributed by atoms with Crippen LogP contribution in [0.15, 0.2) is 65.4 Å². The number of thioether (sulfide) groups is 1. The average Bonchev–Trinajstić information content (AvgIpc) is 3.50. The Morgan fingerprint density at radius 3 is 2.55 bits per heavy atom. The molecule has 0 spiro atoms. The molecule has 0 saturated carbocycles. The molecule has 0 aliphatic rings. The van der Waals surface area contributed by atoms with Crippen LogP contribution >= 0.6 is 23.1 Å². The third-order valence-electron chi connectivity index (χ3n) is 4.94. The number of amides is 1. The van der Waals surface area contributed by atoms with Gasteiger partial charge in [-0.2, -0.15) is 0 Å². The SMILES string of the molecule is CCCN(CCC)C(=O)c1csc(CSc2nnc(-c3cccnc3)n2-c2ccccc2)n1. The standard InChI is InChI=1S/C24H26N6OS2/c1-3-13-29(14-4-2)23(31)20-16-32-21(26-20)17-33-24-28-27-22(18-9-8-12-25-15-18)30(24)19-10-6-5-7-11-19/h5-12,15-16H,3-4,13-14,17H2,1-2H3. The predicted octanol–water partition coefficient (Wildman–Crippen LogP) is 5.34. The second-order valence-corrected chi connectivity index (χ2v) is 9.31. The van der Waals surface area contributed by atoms with Crippen molar-refractivity contribution in [3.63, 3.8) is 0 Å². The van der Waals surface area contributed by atoms with E-state index in [1.54, 1.807) is 24.2 Å². The van der Waals surface area contributed by atoms with E-state index in [1.807, 2.05) is 57.3 Å². The lowest BCUT2D eigenvalue weighted by Crippen LogP contribution is -2.32. The number of hydrogen-bond acceptors (Lipinski definition) is 7. The van der Waals surface area contributed by atoms with Gasteiger partial charge in [0.2, 0.25) is 0 Å². The molecule has 3 aromatic heterocycles. The van der Waals surface area contributed by atoms with Crippen molar-refractivity contribution in [2.75, 3.05) is 13.1 Å². The Hall–Kier alpha value is -3.04. The lowest BCUT2D eigenvalue weighted by molar-refractivity contribution is 0.0750. The van der Waals surface area contributed by atoms with Crippen molar-refractivity contribution in [3.05, 3.63) is 70.9 Å². The van der Waals surface area contributed by atoms with Crippen LogP contribution in [0.5, 0.6) is 0 Å². The predicted molar refractivity (Wildman–Crippen MR) is 133 cm³/mol. The minimum absolute atomic E-state index is 0.0116. The fourth-order valence-corrected chi connectivity index (χ4v) is 5.21. The number of hydrogen-bond donors (Lipinski definition) is 0. The van der Waals surface area contributed by atoms with E-state index in [-0.39, 0.29) is 5.91 Å². The highest BCUT2D eigenvalue weighted by Gasteiger charge is 2.19. The molecule has 170 valence electrons. The van der Waals surface area contributed by atoms with Gasteiger partial charge in [-0.05, 0) is 37.1 Å². The minimum atomic E-state index is 0.0116. The number of benzene rings is 1. The molecule has 3 heterocycles. The molecule has 0 radical (unpaired) electrons. The monoisotopic (exact) mass is 478 g/mol. The van der Waals surface area contributed by atoms with E-state index in [1.165, 1.54) is 11.3 Å². The van der Waals surface area contributed by atoms with E-state index < -0.39 is 0 Å². The fourth-order valence-electron chi connectivity index (χ4n) is 3.47. The normalized spacial score (nSPS) is 11.0. The topological polar surface area (TPSA) is 76.8 Å². The van der Waals surface area contributed by atoms with Crippen molar-refractivity contribution in [2.45, 2.75) is 37.6 Å². The first-order valence-corrected chi connectivity index (χ1v) is 12.9. The van der Waals surface area contributed by atoms with Gasteiger partial charge in [-0.15, -0.1) is 21.5 Å². The summed E-state index contributed by atoms with van der Waals surface area (Å²) in [7, 11) is 0. The first kappa shape index (κ1) is 23.1. The number of rotatable bonds is 10. The largest absolute Gasteiger partial charge is 0.337 e. The van der Waals surface area contributed by atoms with Gasteiger partial charge in [-0.25, -0.2) is 4.98 Å². The van der Waals surface area contributed by atoms with Crippen LogP contribution in [0.3, 0.4) is 0 Å². The molecular formula is C24H26N6OS2. The Bertz CT molecular complexity index is 1170. The Morgan fingerprint density at radius 2 is 1.85 bits per heavy atom. The van der Waals surface area contributed by atoms with Crippen molar-refractivity contribution < 1.29 is 4.79 Å². The first-order chi connectivity index (χ1) is 16.2. The van der Waals surface area contributed by atoms with Gasteiger partial charge >= 0.3 is 0 Å². The van der Waals surface area contributed by atoms with Gasteiger partial charge in [0.15, 0.2) is 11.0 Å². The smallest absolute Gasteiger partial charge is 0.273 e. The number of carbonyl (C=O) groups excluding carboxylic acids is 1. The van der Waals surface area contributed by atoms with Crippen LogP contribution < -0.4 is 0 Å². The van der Waals surface area contributed by atoms with Crippen molar-refractivity contribution in [2.24, 2.45) is 0 Å². The second-order valence-electron chi connectivity index (χ2n) is 7.43. The van der Waals surface area contributed by atoms with E-state index in [9.17, 15) is 4.79 Å². The Kier molecular flexibility index (Phi) is 7.85. The highest BCUT2D eigenvalue weighted by molar-refractivity contribution is 7.98. The lowest BCUT2D eigenvalue weighted by Gasteiger charge is -2.20. The highest BCUT2D eigenvalue weighted by atomic mass is 32.2. The summed E-state index contributed by atoms with van der Waals surface area (Å²) in [5.74, 6) is 1.36. The van der Waals surface area contributed by atoms with Crippen molar-refractivity contribution in [1.82, 2.24) is 29.6 Å². The van der Waals surface area contributed by atoms with Crippen LogP contribution in [0, 0.1) is 0 Å². The summed E-state index contributed by atoms with van der Waals surface area (Å²) < 4.78 is 2.03. The average molecular weight is 479 g/mol. The van der Waals surface area contributed by atoms with Crippen LogP contribution in [-0.4, -0.2) is 48.6 Å². The molecule has 0 unspecified atom stereocenters. The molecule has 7 nitrogen and oxygen atoms in total. The van der Waals surface area contributed by atoms with E-state index in [4.69, 9.17) is 0 Å². The summed E-state index contributed by atoms with van der Waals surface area (Å²) in [6, 6.07) is 13.9. The number of nitrogens with zero attached hydrogens (tertiary/aromatic N) is 6. The number of para-hydroxylation sites is 1. The van der Waals surface area contributed by atoms with E-state index >= 15 is 0 Å². The van der Waals surface area contributed by atoms with Gasteiger partial charge in [-0.3, -0.25) is 14.3 Å². The van der Waals surface area contributed by atoms with Crippen molar-refractivity contribution >= 4 is 29.0 Å². The Balaban J connectivity index is 1.55. The van der Waals surface area contributed by atoms with E-state index in [2.05, 4.69) is 34.0 Å². The molecule has 1 aromatic carbocycles. The zero-order valence-corrected chi connectivity index (χ0v) is 20.4. The number of carbonyl (C=O) groups is 1. The number of thiazole rings is 1. The van der Waals surface area contributed by atoms with Crippen LogP contribution in [0.2, 0.25) is 0 Å². The molecular weight excluding hydrogens is 452 g/mol. The van der Waals surface area contributed by atoms with Gasteiger partial charge in [0.25, 0.3) is 5.91 Å². The molecule has 0 aliphatic heterocycles.